The molecule has 5 nitrogen and oxygen atoms in total. The molecule has 0 bridgehead atoms. The number of pyridine rings is 1. The predicted octanol–water partition coefficient (Wildman–Crippen LogP) is 3.31. The summed E-state index contributed by atoms with van der Waals surface area (Å²) in [6.45, 7) is 4.00. The lowest BCUT2D eigenvalue weighted by Gasteiger charge is -1.97. The van der Waals surface area contributed by atoms with Crippen LogP contribution >= 0.6 is 0 Å². The van der Waals surface area contributed by atoms with E-state index in [1.807, 2.05) is 19.9 Å². The number of ether oxygens (including phenoxy) is 2. The summed E-state index contributed by atoms with van der Waals surface area (Å²) >= 11 is 0. The van der Waals surface area contributed by atoms with Crippen molar-refractivity contribution in [3.63, 3.8) is 0 Å². The smallest absolute Gasteiger partial charge is 0.339 e. The zero-order valence-corrected chi connectivity index (χ0v) is 14.5. The number of methoxy groups -OCH3 is 2. The van der Waals surface area contributed by atoms with Crippen LogP contribution in [0, 0.1) is 11.8 Å². The fraction of sp³-hybridized carbons (Fsp3) is 0.316. The van der Waals surface area contributed by atoms with E-state index in [2.05, 4.69) is 26.3 Å². The number of hydrogen-bond acceptors (Lipinski definition) is 5. The van der Waals surface area contributed by atoms with Gasteiger partial charge < -0.3 is 9.47 Å². The van der Waals surface area contributed by atoms with E-state index in [-0.39, 0.29) is 5.97 Å². The molecule has 128 valence electrons. The van der Waals surface area contributed by atoms with Gasteiger partial charge in [-0.2, -0.15) is 0 Å². The van der Waals surface area contributed by atoms with E-state index in [9.17, 15) is 9.59 Å². The molecule has 0 N–H and O–H groups in total. The normalized spacial score (nSPS) is 9.67. The molecule has 0 aliphatic heterocycles. The molecule has 0 aliphatic carbocycles. The third-order valence-electron chi connectivity index (χ3n) is 2.51. The highest BCUT2D eigenvalue weighted by Gasteiger charge is 2.03. The molecule has 24 heavy (non-hydrogen) atoms. The highest BCUT2D eigenvalue weighted by molar-refractivity contribution is 5.88. The molecule has 0 unspecified atom stereocenters. The van der Waals surface area contributed by atoms with Crippen molar-refractivity contribution in [2.75, 3.05) is 14.2 Å². The van der Waals surface area contributed by atoms with Crippen LogP contribution in [0.4, 0.5) is 0 Å². The maximum Gasteiger partial charge on any atom is 0.339 e. The van der Waals surface area contributed by atoms with Crippen molar-refractivity contribution in [1.82, 2.24) is 4.98 Å². The number of allylic oxidation sites excluding steroid dienone is 3. The molecular weight excluding hydrogens is 306 g/mol. The molecule has 0 saturated heterocycles. The monoisotopic (exact) mass is 329 g/mol. The molecule has 0 saturated carbocycles. The van der Waals surface area contributed by atoms with E-state index in [1.54, 1.807) is 24.3 Å². The van der Waals surface area contributed by atoms with Gasteiger partial charge in [0.1, 0.15) is 5.69 Å². The Morgan fingerprint density at radius 1 is 1.12 bits per heavy atom. The van der Waals surface area contributed by atoms with Crippen LogP contribution in [0.3, 0.4) is 0 Å². The summed E-state index contributed by atoms with van der Waals surface area (Å²) in [5, 5.41) is 0. The van der Waals surface area contributed by atoms with E-state index in [1.165, 1.54) is 26.5 Å². The maximum atomic E-state index is 11.1. The second-order valence-electron chi connectivity index (χ2n) is 4.34. The topological polar surface area (TPSA) is 65.5 Å². The van der Waals surface area contributed by atoms with Crippen LogP contribution in [-0.2, 0) is 14.3 Å². The fourth-order valence-corrected chi connectivity index (χ4v) is 1.28. The molecule has 0 spiro atoms. The van der Waals surface area contributed by atoms with Crippen LogP contribution in [0.5, 0.6) is 0 Å². The van der Waals surface area contributed by atoms with E-state index in [0.717, 1.165) is 12.8 Å². The van der Waals surface area contributed by atoms with Crippen molar-refractivity contribution in [2.45, 2.75) is 26.7 Å². The minimum absolute atomic E-state index is 0.285. The summed E-state index contributed by atoms with van der Waals surface area (Å²) in [4.78, 5) is 25.4. The third kappa shape index (κ3) is 9.96. The Morgan fingerprint density at radius 2 is 1.83 bits per heavy atom. The fourth-order valence-electron chi connectivity index (χ4n) is 1.28. The van der Waals surface area contributed by atoms with Crippen molar-refractivity contribution in [3.05, 3.63) is 53.9 Å². The maximum absolute atomic E-state index is 11.1. The highest BCUT2D eigenvalue weighted by Crippen LogP contribution is 2.00. The molecule has 0 aromatic carbocycles. The van der Waals surface area contributed by atoms with Gasteiger partial charge in [-0.3, -0.25) is 0 Å². The van der Waals surface area contributed by atoms with Crippen LogP contribution in [0.2, 0.25) is 0 Å². The van der Waals surface area contributed by atoms with Gasteiger partial charge in [-0.1, -0.05) is 31.9 Å². The third-order valence-corrected chi connectivity index (χ3v) is 2.51. The van der Waals surface area contributed by atoms with Gasteiger partial charge in [0.15, 0.2) is 0 Å². The number of nitrogens with zero attached hydrogens (tertiary/aromatic N) is 1. The second-order valence-corrected chi connectivity index (χ2v) is 4.34. The minimum atomic E-state index is -0.391. The summed E-state index contributed by atoms with van der Waals surface area (Å²) < 4.78 is 8.89. The lowest BCUT2D eigenvalue weighted by Crippen LogP contribution is -2.01. The molecular formula is C19H23NO4. The first-order chi connectivity index (χ1) is 11.6. The lowest BCUT2D eigenvalue weighted by atomic mass is 10.2. The van der Waals surface area contributed by atoms with Gasteiger partial charge in [0.25, 0.3) is 0 Å². The summed E-state index contributed by atoms with van der Waals surface area (Å²) in [5.74, 6) is 5.04. The first-order valence-electron chi connectivity index (χ1n) is 7.54. The van der Waals surface area contributed by atoms with Gasteiger partial charge >= 0.3 is 11.9 Å². The highest BCUT2D eigenvalue weighted by atomic mass is 16.5. The van der Waals surface area contributed by atoms with Crippen LogP contribution < -0.4 is 0 Å². The second kappa shape index (κ2) is 13.8. The molecule has 0 fully saturated rings. The van der Waals surface area contributed by atoms with Gasteiger partial charge in [0.2, 0.25) is 0 Å². The molecule has 1 rings (SSSR count). The van der Waals surface area contributed by atoms with Gasteiger partial charge in [0.05, 0.1) is 19.8 Å². The average Bonchev–Trinajstić information content (AvgIpc) is 2.63. The number of aromatic nitrogens is 1. The van der Waals surface area contributed by atoms with Crippen molar-refractivity contribution in [3.8, 4) is 11.8 Å². The molecule has 0 amide bonds. The minimum Gasteiger partial charge on any atom is -0.466 e. The summed E-state index contributed by atoms with van der Waals surface area (Å²) in [7, 11) is 2.70. The Bertz CT molecular complexity index is 619. The number of rotatable bonds is 4. The van der Waals surface area contributed by atoms with Gasteiger partial charge in [-0.05, 0) is 37.0 Å². The molecule has 0 aliphatic rings. The Labute approximate surface area is 143 Å². The zero-order valence-electron chi connectivity index (χ0n) is 14.5. The number of carbonyl (C=O) groups is 2. The number of esters is 2. The van der Waals surface area contributed by atoms with E-state index in [4.69, 9.17) is 0 Å². The van der Waals surface area contributed by atoms with Gasteiger partial charge in [-0.25, -0.2) is 14.6 Å². The molecule has 0 radical (unpaired) electrons. The zero-order chi connectivity index (χ0) is 18.2. The first-order valence-corrected chi connectivity index (χ1v) is 7.54. The molecule has 5 heteroatoms. The predicted molar refractivity (Wildman–Crippen MR) is 93.3 cm³/mol. The van der Waals surface area contributed by atoms with Crippen LogP contribution in [0.25, 0.3) is 0 Å². The van der Waals surface area contributed by atoms with Crippen molar-refractivity contribution in [1.29, 1.82) is 0 Å². The standard InChI is InChI=1S/C13H13NO2.C6H10O2/c1-3-4-5-6-7-12-9-8-11(10-14-12)13(15)16-2;1-3-4-5-6(7)8-2/h4-5,8-10H,3H2,1-2H3;4-5H,3H2,1-2H3/b2*5-4+. The van der Waals surface area contributed by atoms with E-state index < -0.39 is 5.97 Å². The van der Waals surface area contributed by atoms with Gasteiger partial charge in [-0.15, -0.1) is 0 Å². The SMILES string of the molecule is CC/C=C/C#Cc1ccc(C(=O)OC)cn1.CC/C=C/C(=O)OC. The molecule has 1 aromatic rings. The Hall–Kier alpha value is -2.87. The van der Waals surface area contributed by atoms with Crippen molar-refractivity contribution < 1.29 is 19.1 Å². The van der Waals surface area contributed by atoms with Crippen LogP contribution in [0.15, 0.2) is 42.6 Å². The van der Waals surface area contributed by atoms with E-state index >= 15 is 0 Å². The van der Waals surface area contributed by atoms with Crippen LogP contribution in [0.1, 0.15) is 42.7 Å². The Balaban J connectivity index is 0.000000561. The quantitative estimate of drug-likeness (QED) is 0.482. The summed E-state index contributed by atoms with van der Waals surface area (Å²) in [6.07, 6.45) is 10.2. The largest absolute Gasteiger partial charge is 0.466 e. The number of hydrogen-bond donors (Lipinski definition) is 0. The summed E-state index contributed by atoms with van der Waals surface area (Å²) in [6, 6.07) is 3.34. The van der Waals surface area contributed by atoms with Gasteiger partial charge in [0, 0.05) is 12.3 Å². The first kappa shape index (κ1) is 21.1. The molecule has 1 aromatic heterocycles. The van der Waals surface area contributed by atoms with Crippen molar-refractivity contribution >= 4 is 11.9 Å². The van der Waals surface area contributed by atoms with E-state index in [0.29, 0.717) is 11.3 Å². The number of carbonyl (C=O) groups excluding carboxylic acids is 2. The Kier molecular flexibility index (Phi) is 12.1. The Morgan fingerprint density at radius 3 is 2.33 bits per heavy atom. The van der Waals surface area contributed by atoms with Crippen molar-refractivity contribution in [2.24, 2.45) is 0 Å². The molecule has 1 heterocycles. The van der Waals surface area contributed by atoms with Crippen LogP contribution in [-0.4, -0.2) is 31.1 Å². The average molecular weight is 329 g/mol. The lowest BCUT2D eigenvalue weighted by molar-refractivity contribution is -0.134. The summed E-state index contributed by atoms with van der Waals surface area (Å²) in [5.41, 5.74) is 1.06. The molecule has 0 atom stereocenters.